The fourth-order valence-corrected chi connectivity index (χ4v) is 4.45. The molecule has 1 amide bonds. The summed E-state index contributed by atoms with van der Waals surface area (Å²) in [4.78, 5) is 18.0. The first-order valence-corrected chi connectivity index (χ1v) is 10.4. The fourth-order valence-electron chi connectivity index (χ4n) is 3.63. The van der Waals surface area contributed by atoms with Gasteiger partial charge < -0.3 is 14.4 Å². The second-order valence-corrected chi connectivity index (χ2v) is 7.86. The summed E-state index contributed by atoms with van der Waals surface area (Å²) in [6.45, 7) is 5.03. The molecule has 2 aromatic heterocycles. The lowest BCUT2D eigenvalue weighted by atomic mass is 10.1. The van der Waals surface area contributed by atoms with Crippen molar-refractivity contribution in [3.63, 3.8) is 0 Å². The largest absolute Gasteiger partial charge is 0.486 e. The lowest BCUT2D eigenvalue weighted by molar-refractivity contribution is 0.0629. The van der Waals surface area contributed by atoms with Crippen LogP contribution in [0.25, 0.3) is 10.7 Å². The number of benzene rings is 1. The van der Waals surface area contributed by atoms with E-state index < -0.39 is 0 Å². The van der Waals surface area contributed by atoms with Gasteiger partial charge in [-0.05, 0) is 34.4 Å². The quantitative estimate of drug-likeness (QED) is 0.696. The number of aromatic nitrogens is 4. The standard InChI is InChI=1S/C19H20N6O3S/c26-19(14-3-10-29-17(14)18-20-22-23-21-18)25-6-4-24(5-7-25)12-13-1-2-15-16(11-13)28-9-8-27-15/h1-3,10-11H,4-9,12H2,(H,20,21,22,23). The van der Waals surface area contributed by atoms with Crippen LogP contribution in [0.5, 0.6) is 11.5 Å². The molecule has 2 aliphatic heterocycles. The average Bonchev–Trinajstić information content (AvgIpc) is 3.45. The predicted octanol–water partition coefficient (Wildman–Crippen LogP) is 1.66. The number of nitrogens with one attached hydrogen (secondary N) is 1. The summed E-state index contributed by atoms with van der Waals surface area (Å²) in [5, 5.41) is 15.9. The van der Waals surface area contributed by atoms with Crippen LogP contribution in [0.15, 0.2) is 29.6 Å². The van der Waals surface area contributed by atoms with Crippen molar-refractivity contribution in [1.82, 2.24) is 30.4 Å². The number of rotatable bonds is 4. The Kier molecular flexibility index (Phi) is 4.86. The van der Waals surface area contributed by atoms with Gasteiger partial charge in [0.1, 0.15) is 13.2 Å². The molecule has 4 heterocycles. The SMILES string of the molecule is O=C(c1ccsc1-c1nn[nH]n1)N1CCN(Cc2ccc3c(c2)OCCO3)CC1. The Morgan fingerprint density at radius 2 is 1.93 bits per heavy atom. The van der Waals surface area contributed by atoms with Gasteiger partial charge in [0.25, 0.3) is 5.91 Å². The maximum Gasteiger partial charge on any atom is 0.255 e. The number of carbonyl (C=O) groups is 1. The number of thiophene rings is 1. The molecule has 150 valence electrons. The molecule has 5 rings (SSSR count). The third-order valence-electron chi connectivity index (χ3n) is 5.12. The molecule has 1 aromatic carbocycles. The van der Waals surface area contributed by atoms with Crippen LogP contribution in [0.2, 0.25) is 0 Å². The molecule has 10 heteroatoms. The van der Waals surface area contributed by atoms with Crippen molar-refractivity contribution in [1.29, 1.82) is 0 Å². The third kappa shape index (κ3) is 3.68. The van der Waals surface area contributed by atoms with Crippen molar-refractivity contribution in [2.45, 2.75) is 6.54 Å². The summed E-state index contributed by atoms with van der Waals surface area (Å²) in [6.07, 6.45) is 0. The second kappa shape index (κ2) is 7.80. The highest BCUT2D eigenvalue weighted by Crippen LogP contribution is 2.31. The van der Waals surface area contributed by atoms with Crippen molar-refractivity contribution >= 4 is 17.2 Å². The number of aromatic amines is 1. The highest BCUT2D eigenvalue weighted by Gasteiger charge is 2.26. The molecule has 0 saturated carbocycles. The van der Waals surface area contributed by atoms with Crippen LogP contribution in [-0.2, 0) is 6.54 Å². The van der Waals surface area contributed by atoms with Gasteiger partial charge in [-0.3, -0.25) is 9.69 Å². The van der Waals surface area contributed by atoms with Gasteiger partial charge in [0.05, 0.1) is 10.4 Å². The number of nitrogens with zero attached hydrogens (tertiary/aromatic N) is 5. The Morgan fingerprint density at radius 3 is 2.72 bits per heavy atom. The summed E-state index contributed by atoms with van der Waals surface area (Å²) >= 11 is 1.45. The summed E-state index contributed by atoms with van der Waals surface area (Å²) in [5.41, 5.74) is 1.82. The summed E-state index contributed by atoms with van der Waals surface area (Å²) < 4.78 is 11.3. The van der Waals surface area contributed by atoms with Crippen molar-refractivity contribution in [2.24, 2.45) is 0 Å². The molecule has 0 bridgehead atoms. The van der Waals surface area contributed by atoms with Gasteiger partial charge in [-0.1, -0.05) is 6.07 Å². The van der Waals surface area contributed by atoms with Crippen LogP contribution in [0.4, 0.5) is 0 Å². The van der Waals surface area contributed by atoms with Crippen LogP contribution in [0, 0.1) is 0 Å². The summed E-state index contributed by atoms with van der Waals surface area (Å²) in [6, 6.07) is 7.93. The van der Waals surface area contributed by atoms with Gasteiger partial charge in [0.2, 0.25) is 5.82 Å². The van der Waals surface area contributed by atoms with Gasteiger partial charge in [0, 0.05) is 32.7 Å². The van der Waals surface area contributed by atoms with Crippen molar-refractivity contribution in [3.05, 3.63) is 40.8 Å². The highest BCUT2D eigenvalue weighted by molar-refractivity contribution is 7.13. The number of carbonyl (C=O) groups excluding carboxylic acids is 1. The molecule has 29 heavy (non-hydrogen) atoms. The first-order valence-electron chi connectivity index (χ1n) is 9.49. The average molecular weight is 412 g/mol. The van der Waals surface area contributed by atoms with E-state index in [4.69, 9.17) is 9.47 Å². The maximum absolute atomic E-state index is 13.0. The molecule has 0 spiro atoms. The summed E-state index contributed by atoms with van der Waals surface area (Å²) in [7, 11) is 0. The van der Waals surface area contributed by atoms with Gasteiger partial charge in [-0.15, -0.1) is 21.5 Å². The molecule has 0 radical (unpaired) electrons. The minimum atomic E-state index is 0.0185. The Hall–Kier alpha value is -2.98. The minimum absolute atomic E-state index is 0.0185. The van der Waals surface area contributed by atoms with Crippen LogP contribution in [0.1, 0.15) is 15.9 Å². The van der Waals surface area contributed by atoms with E-state index in [0.29, 0.717) is 37.7 Å². The molecule has 1 saturated heterocycles. The van der Waals surface area contributed by atoms with E-state index >= 15 is 0 Å². The molecule has 1 fully saturated rings. The zero-order valence-corrected chi connectivity index (χ0v) is 16.5. The van der Waals surface area contributed by atoms with Gasteiger partial charge >= 0.3 is 0 Å². The number of amides is 1. The van der Waals surface area contributed by atoms with E-state index in [-0.39, 0.29) is 5.91 Å². The number of ether oxygens (including phenoxy) is 2. The first kappa shape index (κ1) is 18.1. The monoisotopic (exact) mass is 412 g/mol. The molecule has 0 unspecified atom stereocenters. The first-order chi connectivity index (χ1) is 14.3. The number of hydrogen-bond acceptors (Lipinski definition) is 8. The Bertz CT molecular complexity index is 997. The number of H-pyrrole nitrogens is 1. The molecule has 0 aliphatic carbocycles. The van der Waals surface area contributed by atoms with Crippen LogP contribution in [0.3, 0.4) is 0 Å². The van der Waals surface area contributed by atoms with E-state index in [2.05, 4.69) is 37.7 Å². The topological polar surface area (TPSA) is 96.5 Å². The van der Waals surface area contributed by atoms with E-state index in [1.807, 2.05) is 22.4 Å². The molecule has 3 aromatic rings. The van der Waals surface area contributed by atoms with E-state index in [1.165, 1.54) is 16.9 Å². The Balaban J connectivity index is 1.21. The van der Waals surface area contributed by atoms with E-state index in [9.17, 15) is 4.79 Å². The van der Waals surface area contributed by atoms with Gasteiger partial charge in [-0.25, -0.2) is 0 Å². The molecule has 2 aliphatic rings. The van der Waals surface area contributed by atoms with Crippen LogP contribution >= 0.6 is 11.3 Å². The van der Waals surface area contributed by atoms with Gasteiger partial charge in [-0.2, -0.15) is 5.21 Å². The highest BCUT2D eigenvalue weighted by atomic mass is 32.1. The predicted molar refractivity (Wildman–Crippen MR) is 106 cm³/mol. The number of piperazine rings is 1. The lowest BCUT2D eigenvalue weighted by Gasteiger charge is -2.35. The zero-order chi connectivity index (χ0) is 19.6. The Labute approximate surface area is 171 Å². The normalized spacial score (nSPS) is 16.8. The number of tetrazole rings is 1. The second-order valence-electron chi connectivity index (χ2n) is 6.95. The smallest absolute Gasteiger partial charge is 0.255 e. The molecule has 9 nitrogen and oxygen atoms in total. The molecular formula is C19H20N6O3S. The third-order valence-corrected chi connectivity index (χ3v) is 6.03. The maximum atomic E-state index is 13.0. The number of hydrogen-bond donors (Lipinski definition) is 1. The lowest BCUT2D eigenvalue weighted by Crippen LogP contribution is -2.48. The van der Waals surface area contributed by atoms with E-state index in [0.717, 1.165) is 36.0 Å². The van der Waals surface area contributed by atoms with E-state index in [1.54, 1.807) is 0 Å². The van der Waals surface area contributed by atoms with Crippen molar-refractivity contribution < 1.29 is 14.3 Å². The van der Waals surface area contributed by atoms with Crippen molar-refractivity contribution in [3.8, 4) is 22.2 Å². The van der Waals surface area contributed by atoms with Crippen LogP contribution in [-0.4, -0.2) is 75.7 Å². The fraction of sp³-hybridized carbons (Fsp3) is 0.368. The zero-order valence-electron chi connectivity index (χ0n) is 15.7. The van der Waals surface area contributed by atoms with Crippen LogP contribution < -0.4 is 9.47 Å². The molecule has 0 atom stereocenters. The summed E-state index contributed by atoms with van der Waals surface area (Å²) in [5.74, 6) is 2.10. The molecular weight excluding hydrogens is 392 g/mol. The minimum Gasteiger partial charge on any atom is -0.486 e. The van der Waals surface area contributed by atoms with Crippen molar-refractivity contribution in [2.75, 3.05) is 39.4 Å². The van der Waals surface area contributed by atoms with Gasteiger partial charge in [0.15, 0.2) is 11.5 Å². The number of fused-ring (bicyclic) bond motifs is 1. The molecule has 1 N–H and O–H groups in total. The Morgan fingerprint density at radius 1 is 1.10 bits per heavy atom.